The summed E-state index contributed by atoms with van der Waals surface area (Å²) in [6.45, 7) is 4.24. The van der Waals surface area contributed by atoms with Crippen molar-refractivity contribution >= 4 is 27.3 Å². The summed E-state index contributed by atoms with van der Waals surface area (Å²) in [5.74, 6) is -0.223. The molecule has 0 aliphatic carbocycles. The number of anilines is 2. The van der Waals surface area contributed by atoms with Crippen LogP contribution < -0.4 is 9.62 Å². The average Bonchev–Trinajstić information content (AvgIpc) is 2.73. The van der Waals surface area contributed by atoms with E-state index in [1.165, 1.54) is 10.6 Å². The van der Waals surface area contributed by atoms with Crippen LogP contribution in [0.2, 0.25) is 0 Å². The normalized spacial score (nSPS) is 11.2. The molecule has 3 rings (SSSR count). The fourth-order valence-corrected chi connectivity index (χ4v) is 4.20. The lowest BCUT2D eigenvalue weighted by atomic mass is 10.1. The van der Waals surface area contributed by atoms with E-state index in [0.29, 0.717) is 11.3 Å². The third-order valence-electron chi connectivity index (χ3n) is 4.97. The maximum Gasteiger partial charge on any atom is 0.255 e. The molecule has 0 aromatic heterocycles. The third kappa shape index (κ3) is 5.07. The van der Waals surface area contributed by atoms with Gasteiger partial charge in [0, 0.05) is 11.3 Å². The monoisotopic (exact) mass is 422 g/mol. The molecule has 0 fully saturated rings. The highest BCUT2D eigenvalue weighted by Gasteiger charge is 2.19. The van der Waals surface area contributed by atoms with Crippen molar-refractivity contribution in [3.05, 3.63) is 95.1 Å². The van der Waals surface area contributed by atoms with Gasteiger partial charge in [0.15, 0.2) is 0 Å². The van der Waals surface area contributed by atoms with Gasteiger partial charge in [-0.1, -0.05) is 55.5 Å². The van der Waals surface area contributed by atoms with Crippen molar-refractivity contribution in [1.29, 1.82) is 0 Å². The quantitative estimate of drug-likeness (QED) is 0.596. The van der Waals surface area contributed by atoms with E-state index in [1.807, 2.05) is 62.4 Å². The Labute approximate surface area is 178 Å². The van der Waals surface area contributed by atoms with Crippen molar-refractivity contribution in [2.75, 3.05) is 15.9 Å². The van der Waals surface area contributed by atoms with Crippen LogP contribution in [0, 0.1) is 6.92 Å². The molecular formula is C24H26N2O3S. The van der Waals surface area contributed by atoms with Gasteiger partial charge in [-0.15, -0.1) is 0 Å². The Balaban J connectivity index is 1.83. The Morgan fingerprint density at radius 2 is 1.60 bits per heavy atom. The SMILES string of the molecule is CCc1cccc(C)c1NC(=O)c1ccc(N(Cc2ccccc2)S(C)(=O)=O)cc1. The number of sulfonamides is 1. The minimum atomic E-state index is -3.48. The van der Waals surface area contributed by atoms with Crippen LogP contribution in [0.15, 0.2) is 72.8 Å². The maximum atomic E-state index is 12.8. The fraction of sp³-hybridized carbons (Fsp3) is 0.208. The number of benzene rings is 3. The molecule has 3 aromatic rings. The van der Waals surface area contributed by atoms with Gasteiger partial charge in [-0.2, -0.15) is 0 Å². The number of amides is 1. The highest BCUT2D eigenvalue weighted by Crippen LogP contribution is 2.24. The number of rotatable bonds is 7. The van der Waals surface area contributed by atoms with Crippen LogP contribution in [-0.2, 0) is 23.0 Å². The van der Waals surface area contributed by atoms with Crippen LogP contribution >= 0.6 is 0 Å². The van der Waals surface area contributed by atoms with Crippen molar-refractivity contribution in [3.63, 3.8) is 0 Å². The van der Waals surface area contributed by atoms with Gasteiger partial charge in [-0.25, -0.2) is 8.42 Å². The van der Waals surface area contributed by atoms with Gasteiger partial charge in [0.05, 0.1) is 18.5 Å². The second-order valence-corrected chi connectivity index (χ2v) is 9.13. The van der Waals surface area contributed by atoms with Gasteiger partial charge >= 0.3 is 0 Å². The zero-order chi connectivity index (χ0) is 21.7. The van der Waals surface area contributed by atoms with Crippen LogP contribution in [0.1, 0.15) is 34.0 Å². The summed E-state index contributed by atoms with van der Waals surface area (Å²) in [7, 11) is -3.48. The van der Waals surface area contributed by atoms with Crippen molar-refractivity contribution in [1.82, 2.24) is 0 Å². The van der Waals surface area contributed by atoms with Gasteiger partial charge in [-0.3, -0.25) is 9.10 Å². The predicted molar refractivity (Wildman–Crippen MR) is 122 cm³/mol. The zero-order valence-corrected chi connectivity index (χ0v) is 18.2. The molecule has 6 heteroatoms. The van der Waals surface area contributed by atoms with Gasteiger partial charge in [-0.05, 0) is 54.3 Å². The standard InChI is InChI=1S/C24H26N2O3S/c1-4-20-12-8-9-18(2)23(20)25-24(27)21-13-15-22(16-14-21)26(30(3,28)29)17-19-10-6-5-7-11-19/h5-16H,4,17H2,1-3H3,(H,25,27). The lowest BCUT2D eigenvalue weighted by molar-refractivity contribution is 0.102. The van der Waals surface area contributed by atoms with Crippen LogP contribution in [0.5, 0.6) is 0 Å². The maximum absolute atomic E-state index is 12.8. The Bertz CT molecular complexity index is 1120. The van der Waals surface area contributed by atoms with E-state index in [2.05, 4.69) is 5.32 Å². The predicted octanol–water partition coefficient (Wildman–Crippen LogP) is 4.78. The number of hydrogen-bond acceptors (Lipinski definition) is 3. The van der Waals surface area contributed by atoms with Crippen LogP contribution in [0.4, 0.5) is 11.4 Å². The molecule has 156 valence electrons. The highest BCUT2D eigenvalue weighted by molar-refractivity contribution is 7.92. The van der Waals surface area contributed by atoms with Gasteiger partial charge in [0.25, 0.3) is 5.91 Å². The molecule has 0 heterocycles. The smallest absolute Gasteiger partial charge is 0.255 e. The number of nitrogens with zero attached hydrogens (tertiary/aromatic N) is 1. The molecular weight excluding hydrogens is 396 g/mol. The first kappa shape index (κ1) is 21.6. The van der Waals surface area contributed by atoms with E-state index >= 15 is 0 Å². The second-order valence-electron chi connectivity index (χ2n) is 7.22. The molecule has 3 aromatic carbocycles. The lowest BCUT2D eigenvalue weighted by Gasteiger charge is -2.23. The summed E-state index contributed by atoms with van der Waals surface area (Å²) in [6.07, 6.45) is 2.00. The Hall–Kier alpha value is -3.12. The van der Waals surface area contributed by atoms with Crippen molar-refractivity contribution in [3.8, 4) is 0 Å². The zero-order valence-electron chi connectivity index (χ0n) is 17.4. The number of para-hydroxylation sites is 1. The molecule has 0 aliphatic heterocycles. The van der Waals surface area contributed by atoms with Gasteiger partial charge < -0.3 is 5.32 Å². The van der Waals surface area contributed by atoms with Crippen LogP contribution in [0.3, 0.4) is 0 Å². The van der Waals surface area contributed by atoms with E-state index in [9.17, 15) is 13.2 Å². The van der Waals surface area contributed by atoms with Crippen LogP contribution in [0.25, 0.3) is 0 Å². The number of hydrogen-bond donors (Lipinski definition) is 1. The van der Waals surface area contributed by atoms with Gasteiger partial charge in [0.2, 0.25) is 10.0 Å². The summed E-state index contributed by atoms with van der Waals surface area (Å²) in [5.41, 5.74) is 4.78. The van der Waals surface area contributed by atoms with E-state index in [1.54, 1.807) is 24.3 Å². The molecule has 0 saturated carbocycles. The lowest BCUT2D eigenvalue weighted by Crippen LogP contribution is -2.29. The van der Waals surface area contributed by atoms with E-state index in [0.717, 1.165) is 28.8 Å². The van der Waals surface area contributed by atoms with Crippen molar-refractivity contribution in [2.24, 2.45) is 0 Å². The van der Waals surface area contributed by atoms with E-state index in [4.69, 9.17) is 0 Å². The Kier molecular flexibility index (Phi) is 6.57. The number of carbonyl (C=O) groups is 1. The average molecular weight is 423 g/mol. The first-order valence-corrected chi connectivity index (χ1v) is 11.7. The summed E-state index contributed by atoms with van der Waals surface area (Å²) >= 11 is 0. The number of nitrogens with one attached hydrogen (secondary N) is 1. The number of aryl methyl sites for hydroxylation is 2. The summed E-state index contributed by atoms with van der Waals surface area (Å²) in [4.78, 5) is 12.8. The Morgan fingerprint density at radius 1 is 0.933 bits per heavy atom. The summed E-state index contributed by atoms with van der Waals surface area (Å²) < 4.78 is 26.0. The summed E-state index contributed by atoms with van der Waals surface area (Å²) in [5, 5.41) is 2.99. The van der Waals surface area contributed by atoms with Crippen molar-refractivity contribution < 1.29 is 13.2 Å². The Morgan fingerprint density at radius 3 is 2.20 bits per heavy atom. The first-order chi connectivity index (χ1) is 14.3. The largest absolute Gasteiger partial charge is 0.321 e. The molecule has 1 amide bonds. The minimum Gasteiger partial charge on any atom is -0.321 e. The molecule has 0 aliphatic rings. The topological polar surface area (TPSA) is 66.5 Å². The summed E-state index contributed by atoms with van der Waals surface area (Å²) in [6, 6.07) is 22.0. The first-order valence-electron chi connectivity index (χ1n) is 9.81. The third-order valence-corrected chi connectivity index (χ3v) is 6.11. The molecule has 0 unspecified atom stereocenters. The molecule has 0 saturated heterocycles. The molecule has 0 atom stereocenters. The molecule has 0 spiro atoms. The van der Waals surface area contributed by atoms with E-state index < -0.39 is 10.0 Å². The van der Waals surface area contributed by atoms with Gasteiger partial charge in [0.1, 0.15) is 0 Å². The molecule has 1 N–H and O–H groups in total. The molecule has 5 nitrogen and oxygen atoms in total. The van der Waals surface area contributed by atoms with E-state index in [-0.39, 0.29) is 12.5 Å². The van der Waals surface area contributed by atoms with Crippen molar-refractivity contribution in [2.45, 2.75) is 26.8 Å². The fourth-order valence-electron chi connectivity index (χ4n) is 3.32. The highest BCUT2D eigenvalue weighted by atomic mass is 32.2. The molecule has 0 bridgehead atoms. The van der Waals surface area contributed by atoms with Crippen LogP contribution in [-0.4, -0.2) is 20.6 Å². The molecule has 30 heavy (non-hydrogen) atoms. The number of carbonyl (C=O) groups excluding carboxylic acids is 1. The minimum absolute atomic E-state index is 0.223. The second kappa shape index (κ2) is 9.13. The molecule has 0 radical (unpaired) electrons.